The van der Waals surface area contributed by atoms with Crippen molar-refractivity contribution in [3.8, 4) is 11.8 Å². The van der Waals surface area contributed by atoms with Crippen LogP contribution in [0.25, 0.3) is 0 Å². The molecule has 0 spiro atoms. The highest BCUT2D eigenvalue weighted by Gasteiger charge is 2.25. The predicted octanol–water partition coefficient (Wildman–Crippen LogP) is 4.52. The van der Waals surface area contributed by atoms with Crippen LogP contribution < -0.4 is 0 Å². The number of phenolic OH excluding ortho intramolecular Hbond substituents is 1. The summed E-state index contributed by atoms with van der Waals surface area (Å²) in [5, 5.41) is 18.9. The van der Waals surface area contributed by atoms with Crippen molar-refractivity contribution in [1.29, 1.82) is 5.26 Å². The number of benzene rings is 1. The van der Waals surface area contributed by atoms with Gasteiger partial charge in [-0.3, -0.25) is 0 Å². The highest BCUT2D eigenvalue weighted by atomic mass is 16.3. The highest BCUT2D eigenvalue weighted by Crippen LogP contribution is 2.34. The van der Waals surface area contributed by atoms with Crippen molar-refractivity contribution in [3.05, 3.63) is 29.3 Å². The molecular formula is C16H25NO. The van der Waals surface area contributed by atoms with Crippen molar-refractivity contribution in [2.75, 3.05) is 0 Å². The average Bonchev–Trinajstić information content (AvgIpc) is 2.30. The topological polar surface area (TPSA) is 44.0 Å². The summed E-state index contributed by atoms with van der Waals surface area (Å²) in [7, 11) is 0. The zero-order valence-electron chi connectivity index (χ0n) is 12.6. The Bertz CT molecular complexity index is 433. The Labute approximate surface area is 111 Å². The third kappa shape index (κ3) is 3.77. The molecule has 0 atom stereocenters. The van der Waals surface area contributed by atoms with Gasteiger partial charge in [0.05, 0.1) is 11.5 Å². The van der Waals surface area contributed by atoms with Crippen molar-refractivity contribution >= 4 is 0 Å². The molecule has 0 saturated heterocycles. The molecule has 0 aliphatic rings. The van der Waals surface area contributed by atoms with Crippen molar-refractivity contribution in [1.82, 2.24) is 0 Å². The first-order valence-corrected chi connectivity index (χ1v) is 6.44. The predicted molar refractivity (Wildman–Crippen MR) is 76.8 cm³/mol. The Morgan fingerprint density at radius 3 is 1.94 bits per heavy atom. The number of nitrogens with zero attached hydrogens (tertiary/aromatic N) is 1. The molecule has 1 rings (SSSR count). The lowest BCUT2D eigenvalue weighted by atomic mass is 9.80. The lowest BCUT2D eigenvalue weighted by Gasteiger charge is -2.24. The first-order chi connectivity index (χ1) is 8.18. The van der Waals surface area contributed by atoms with Crippen LogP contribution in [-0.4, -0.2) is 5.11 Å². The molecule has 0 aromatic heterocycles. The van der Waals surface area contributed by atoms with Crippen LogP contribution in [0.15, 0.2) is 18.2 Å². The summed E-state index contributed by atoms with van der Waals surface area (Å²) in [6.07, 6.45) is 0. The number of aromatic hydroxyl groups is 1. The van der Waals surface area contributed by atoms with Crippen LogP contribution in [0.1, 0.15) is 59.6 Å². The summed E-state index contributed by atoms with van der Waals surface area (Å²) >= 11 is 0. The van der Waals surface area contributed by atoms with Crippen LogP contribution >= 0.6 is 0 Å². The molecule has 0 saturated carbocycles. The third-order valence-corrected chi connectivity index (χ3v) is 2.82. The second-order valence-corrected chi connectivity index (χ2v) is 5.72. The molecule has 0 bridgehead atoms. The molecule has 0 aliphatic carbocycles. The summed E-state index contributed by atoms with van der Waals surface area (Å²) in [5.41, 5.74) is 1.19. The van der Waals surface area contributed by atoms with Gasteiger partial charge in [0.25, 0.3) is 0 Å². The van der Waals surface area contributed by atoms with E-state index in [1.54, 1.807) is 6.07 Å². The summed E-state index contributed by atoms with van der Waals surface area (Å²) in [6.45, 7) is 14.0. The summed E-state index contributed by atoms with van der Waals surface area (Å²) < 4.78 is 0. The van der Waals surface area contributed by atoms with Crippen molar-refractivity contribution in [3.63, 3.8) is 0 Å². The average molecular weight is 247 g/mol. The molecule has 1 aromatic carbocycles. The monoisotopic (exact) mass is 247 g/mol. The lowest BCUT2D eigenvalue weighted by molar-refractivity contribution is 0.455. The quantitative estimate of drug-likeness (QED) is 0.793. The van der Waals surface area contributed by atoms with Crippen molar-refractivity contribution < 1.29 is 5.11 Å². The number of hydrogen-bond acceptors (Lipinski definition) is 2. The molecule has 0 fully saturated rings. The van der Waals surface area contributed by atoms with Gasteiger partial charge in [0.1, 0.15) is 5.75 Å². The van der Waals surface area contributed by atoms with Crippen LogP contribution in [0.2, 0.25) is 0 Å². The Balaban J connectivity index is 0.00000137. The smallest absolute Gasteiger partial charge is 0.120 e. The molecule has 0 amide bonds. The van der Waals surface area contributed by atoms with Gasteiger partial charge in [0.15, 0.2) is 0 Å². The molecule has 2 heteroatoms. The Kier molecular flexibility index (Phi) is 5.42. The van der Waals surface area contributed by atoms with Gasteiger partial charge < -0.3 is 5.11 Å². The van der Waals surface area contributed by atoms with E-state index in [0.29, 0.717) is 5.56 Å². The van der Waals surface area contributed by atoms with Gasteiger partial charge in [0.2, 0.25) is 0 Å². The number of rotatable bonds is 1. The van der Waals surface area contributed by atoms with Crippen molar-refractivity contribution in [2.45, 2.75) is 59.3 Å². The maximum atomic E-state index is 9.82. The molecule has 1 N–H and O–H groups in total. The van der Waals surface area contributed by atoms with Gasteiger partial charge >= 0.3 is 0 Å². The van der Waals surface area contributed by atoms with Gasteiger partial charge in [-0.25, -0.2) is 0 Å². The molecular weight excluding hydrogens is 222 g/mol. The van der Waals surface area contributed by atoms with E-state index in [2.05, 4.69) is 26.8 Å². The zero-order valence-corrected chi connectivity index (χ0v) is 12.6. The van der Waals surface area contributed by atoms with E-state index in [9.17, 15) is 5.11 Å². The third-order valence-electron chi connectivity index (χ3n) is 2.82. The molecule has 0 heterocycles. The van der Waals surface area contributed by atoms with E-state index in [4.69, 9.17) is 5.26 Å². The normalized spacial score (nSPS) is 11.2. The maximum Gasteiger partial charge on any atom is 0.120 e. The highest BCUT2D eigenvalue weighted by molar-refractivity contribution is 5.45. The molecule has 0 radical (unpaired) electrons. The van der Waals surface area contributed by atoms with Gasteiger partial charge in [-0.1, -0.05) is 40.7 Å². The minimum Gasteiger partial charge on any atom is -0.508 e. The minimum atomic E-state index is -0.661. The van der Waals surface area contributed by atoms with E-state index >= 15 is 0 Å². The van der Waals surface area contributed by atoms with E-state index < -0.39 is 5.41 Å². The molecule has 18 heavy (non-hydrogen) atoms. The fraction of sp³-hybridized carbons (Fsp3) is 0.562. The van der Waals surface area contributed by atoms with Crippen LogP contribution in [0.5, 0.6) is 5.75 Å². The van der Waals surface area contributed by atoms with Crippen LogP contribution in [0.4, 0.5) is 0 Å². The Morgan fingerprint density at radius 2 is 1.56 bits per heavy atom. The standard InChI is InChI=1S/C14H19NO.C2H6/c1-13(2,3)10-6-7-12(16)11(8-10)14(4,5)9-15;1-2/h6-8,16H,1-5H3;1-2H3. The summed E-state index contributed by atoms with van der Waals surface area (Å²) in [5.74, 6) is 0.194. The van der Waals surface area contributed by atoms with Crippen LogP contribution in [-0.2, 0) is 10.8 Å². The molecule has 1 aromatic rings. The second kappa shape index (κ2) is 5.91. The van der Waals surface area contributed by atoms with Crippen LogP contribution in [0.3, 0.4) is 0 Å². The Hall–Kier alpha value is -1.49. The van der Waals surface area contributed by atoms with E-state index in [0.717, 1.165) is 5.56 Å². The molecule has 100 valence electrons. The fourth-order valence-electron chi connectivity index (χ4n) is 1.56. The number of nitriles is 1. The van der Waals surface area contributed by atoms with Gasteiger partial charge in [-0.15, -0.1) is 0 Å². The maximum absolute atomic E-state index is 9.82. The fourth-order valence-corrected chi connectivity index (χ4v) is 1.56. The molecule has 2 nitrogen and oxygen atoms in total. The lowest BCUT2D eigenvalue weighted by Crippen LogP contribution is -2.17. The second-order valence-electron chi connectivity index (χ2n) is 5.72. The van der Waals surface area contributed by atoms with E-state index in [1.807, 2.05) is 39.8 Å². The first-order valence-electron chi connectivity index (χ1n) is 6.44. The summed E-state index contributed by atoms with van der Waals surface area (Å²) in [4.78, 5) is 0. The van der Waals surface area contributed by atoms with E-state index in [-0.39, 0.29) is 11.2 Å². The minimum absolute atomic E-state index is 0.0218. The molecule has 0 aliphatic heterocycles. The number of phenols is 1. The van der Waals surface area contributed by atoms with Crippen LogP contribution in [0, 0.1) is 11.3 Å². The van der Waals surface area contributed by atoms with Gasteiger partial charge in [0, 0.05) is 5.56 Å². The molecule has 0 unspecified atom stereocenters. The van der Waals surface area contributed by atoms with Gasteiger partial charge in [-0.2, -0.15) is 5.26 Å². The number of hydrogen-bond donors (Lipinski definition) is 1. The zero-order chi connectivity index (χ0) is 14.6. The largest absolute Gasteiger partial charge is 0.508 e. The SMILES string of the molecule is CC.CC(C)(C)c1ccc(O)c(C(C)(C)C#N)c1. The first kappa shape index (κ1) is 16.5. The van der Waals surface area contributed by atoms with E-state index in [1.165, 1.54) is 0 Å². The summed E-state index contributed by atoms with van der Waals surface area (Å²) in [6, 6.07) is 7.73. The Morgan fingerprint density at radius 1 is 1.06 bits per heavy atom. The van der Waals surface area contributed by atoms with Crippen molar-refractivity contribution in [2.24, 2.45) is 0 Å². The van der Waals surface area contributed by atoms with Gasteiger partial charge in [-0.05, 0) is 37.0 Å².